The molecule has 1 heterocycles. The number of hydrogen-bond acceptors (Lipinski definition) is 3. The summed E-state index contributed by atoms with van der Waals surface area (Å²) in [6.45, 7) is 0. The van der Waals surface area contributed by atoms with E-state index in [1.165, 1.54) is 6.08 Å². The molecule has 2 amide bonds. The van der Waals surface area contributed by atoms with E-state index in [0.29, 0.717) is 4.90 Å². The van der Waals surface area contributed by atoms with E-state index in [-0.39, 0.29) is 6.42 Å². The van der Waals surface area contributed by atoms with Crippen LogP contribution in [0.3, 0.4) is 0 Å². The van der Waals surface area contributed by atoms with Gasteiger partial charge in [-0.25, -0.2) is 14.5 Å². The van der Waals surface area contributed by atoms with Crippen molar-refractivity contribution in [2.75, 3.05) is 0 Å². The number of rotatable bonds is 1. The molecule has 0 bridgehead atoms. The molecule has 0 aromatic rings. The quantitative estimate of drug-likeness (QED) is 0.595. The number of carbonyl (C=O) groups is 3. The summed E-state index contributed by atoms with van der Waals surface area (Å²) in [5, 5.41) is 17.1. The van der Waals surface area contributed by atoms with E-state index < -0.39 is 24.0 Å². The van der Waals surface area contributed by atoms with Crippen LogP contribution in [0.15, 0.2) is 12.2 Å². The predicted molar refractivity (Wildman–Crippen MR) is 40.1 cm³/mol. The zero-order valence-corrected chi connectivity index (χ0v) is 6.51. The number of carbonyl (C=O) groups excluding carboxylic acids is 1. The van der Waals surface area contributed by atoms with Gasteiger partial charge in [0.05, 0.1) is 0 Å². The lowest BCUT2D eigenvalue weighted by Gasteiger charge is -2.24. The molecule has 2 N–H and O–H groups in total. The molecule has 6 heteroatoms. The molecule has 0 saturated heterocycles. The van der Waals surface area contributed by atoms with Crippen molar-refractivity contribution in [3.63, 3.8) is 0 Å². The highest BCUT2D eigenvalue weighted by Crippen LogP contribution is 2.12. The second kappa shape index (κ2) is 3.26. The molecule has 1 rings (SSSR count). The summed E-state index contributed by atoms with van der Waals surface area (Å²) in [6.07, 6.45) is 0.878. The van der Waals surface area contributed by atoms with Crippen molar-refractivity contribution in [1.29, 1.82) is 0 Å². The third kappa shape index (κ3) is 1.66. The molecular formula is C7H7NO5. The number of hydrogen-bond donors (Lipinski definition) is 2. The Morgan fingerprint density at radius 3 is 2.46 bits per heavy atom. The van der Waals surface area contributed by atoms with Crippen LogP contribution in [0.2, 0.25) is 0 Å². The van der Waals surface area contributed by atoms with Gasteiger partial charge in [0, 0.05) is 0 Å². The van der Waals surface area contributed by atoms with Gasteiger partial charge in [0.1, 0.15) is 6.04 Å². The zero-order chi connectivity index (χ0) is 10.0. The summed E-state index contributed by atoms with van der Waals surface area (Å²) in [5.41, 5.74) is 0. The lowest BCUT2D eigenvalue weighted by atomic mass is 10.1. The summed E-state index contributed by atoms with van der Waals surface area (Å²) >= 11 is 0. The van der Waals surface area contributed by atoms with Crippen molar-refractivity contribution in [2.45, 2.75) is 12.5 Å². The summed E-state index contributed by atoms with van der Waals surface area (Å²) in [6, 6.07) is -1.30. The number of carboxylic acids is 1. The molecule has 6 nitrogen and oxygen atoms in total. The van der Waals surface area contributed by atoms with Crippen LogP contribution in [0.25, 0.3) is 0 Å². The van der Waals surface area contributed by atoms with Gasteiger partial charge in [-0.05, 0) is 12.5 Å². The maximum atomic E-state index is 10.9. The highest BCUT2D eigenvalue weighted by atomic mass is 16.4. The minimum Gasteiger partial charge on any atom is -0.480 e. The summed E-state index contributed by atoms with van der Waals surface area (Å²) in [4.78, 5) is 32.3. The average Bonchev–Trinajstić information content (AvgIpc) is 2.02. The topological polar surface area (TPSA) is 94.9 Å². The Hall–Kier alpha value is -1.85. The van der Waals surface area contributed by atoms with E-state index >= 15 is 0 Å². The third-order valence-electron chi connectivity index (χ3n) is 1.66. The molecule has 70 valence electrons. The second-order valence-electron chi connectivity index (χ2n) is 2.48. The fourth-order valence-corrected chi connectivity index (χ4v) is 1.08. The first-order chi connectivity index (χ1) is 6.04. The Bertz CT molecular complexity index is 295. The van der Waals surface area contributed by atoms with Gasteiger partial charge in [-0.3, -0.25) is 4.79 Å². The maximum Gasteiger partial charge on any atom is 0.415 e. The fraction of sp³-hybridized carbons (Fsp3) is 0.286. The Morgan fingerprint density at radius 1 is 1.46 bits per heavy atom. The minimum atomic E-state index is -1.54. The first-order valence-corrected chi connectivity index (χ1v) is 3.49. The molecule has 0 fully saturated rings. The van der Waals surface area contributed by atoms with Crippen molar-refractivity contribution in [2.24, 2.45) is 0 Å². The standard InChI is InChI=1S/C7H7NO5/c9-5-3-1-2-4(6(10)11)8(5)7(12)13/h1,3-4H,2H2,(H,10,11)(H,12,13)/t4-/m1/s1. The van der Waals surface area contributed by atoms with Crippen LogP contribution in [-0.2, 0) is 9.59 Å². The first-order valence-electron chi connectivity index (χ1n) is 3.49. The van der Waals surface area contributed by atoms with Crippen molar-refractivity contribution >= 4 is 18.0 Å². The van der Waals surface area contributed by atoms with Crippen molar-refractivity contribution in [3.8, 4) is 0 Å². The maximum absolute atomic E-state index is 10.9. The molecule has 13 heavy (non-hydrogen) atoms. The summed E-state index contributed by atoms with van der Waals surface area (Å²) < 4.78 is 0. The lowest BCUT2D eigenvalue weighted by Crippen LogP contribution is -2.48. The van der Waals surface area contributed by atoms with E-state index in [1.54, 1.807) is 0 Å². The number of nitrogens with zero attached hydrogens (tertiary/aromatic N) is 1. The largest absolute Gasteiger partial charge is 0.480 e. The Morgan fingerprint density at radius 2 is 2.08 bits per heavy atom. The van der Waals surface area contributed by atoms with Gasteiger partial charge in [-0.1, -0.05) is 6.08 Å². The van der Waals surface area contributed by atoms with Crippen LogP contribution in [0.4, 0.5) is 4.79 Å². The molecule has 0 aliphatic carbocycles. The summed E-state index contributed by atoms with van der Waals surface area (Å²) in [5.74, 6) is -2.13. The van der Waals surface area contributed by atoms with Gasteiger partial charge in [-0.15, -0.1) is 0 Å². The third-order valence-corrected chi connectivity index (χ3v) is 1.66. The smallest absolute Gasteiger partial charge is 0.415 e. The zero-order valence-electron chi connectivity index (χ0n) is 6.51. The number of amides is 2. The van der Waals surface area contributed by atoms with E-state index in [9.17, 15) is 14.4 Å². The van der Waals surface area contributed by atoms with Crippen LogP contribution in [-0.4, -0.2) is 39.1 Å². The average molecular weight is 185 g/mol. The van der Waals surface area contributed by atoms with Crippen LogP contribution >= 0.6 is 0 Å². The van der Waals surface area contributed by atoms with Gasteiger partial charge in [0.15, 0.2) is 0 Å². The van der Waals surface area contributed by atoms with Crippen molar-refractivity contribution in [3.05, 3.63) is 12.2 Å². The van der Waals surface area contributed by atoms with Gasteiger partial charge < -0.3 is 10.2 Å². The summed E-state index contributed by atoms with van der Waals surface area (Å²) in [7, 11) is 0. The Kier molecular flexibility index (Phi) is 2.32. The Labute approximate surface area is 73.1 Å². The van der Waals surface area contributed by atoms with E-state index in [1.807, 2.05) is 0 Å². The molecule has 0 unspecified atom stereocenters. The molecule has 0 saturated carbocycles. The number of imide groups is 1. The molecule has 0 spiro atoms. The van der Waals surface area contributed by atoms with E-state index in [0.717, 1.165) is 6.08 Å². The second-order valence-corrected chi connectivity index (χ2v) is 2.48. The van der Waals surface area contributed by atoms with E-state index in [4.69, 9.17) is 10.2 Å². The van der Waals surface area contributed by atoms with Gasteiger partial charge >= 0.3 is 12.1 Å². The molecule has 1 aliphatic heterocycles. The number of aliphatic carboxylic acids is 1. The van der Waals surface area contributed by atoms with Crippen LogP contribution in [0.1, 0.15) is 6.42 Å². The Balaban J connectivity index is 2.96. The minimum absolute atomic E-state index is 0.0212. The highest BCUT2D eigenvalue weighted by Gasteiger charge is 2.35. The SMILES string of the molecule is O=C(O)[C@H]1CC=CC(=O)N1C(=O)O. The number of carboxylic acid groups (broad SMARTS) is 2. The molecular weight excluding hydrogens is 178 g/mol. The van der Waals surface area contributed by atoms with Crippen molar-refractivity contribution < 1.29 is 24.6 Å². The monoisotopic (exact) mass is 185 g/mol. The fourth-order valence-electron chi connectivity index (χ4n) is 1.08. The van der Waals surface area contributed by atoms with Crippen LogP contribution < -0.4 is 0 Å². The molecule has 0 radical (unpaired) electrons. The van der Waals surface area contributed by atoms with Crippen LogP contribution in [0.5, 0.6) is 0 Å². The normalized spacial score (nSPS) is 21.7. The molecule has 1 aliphatic rings. The molecule has 1 atom stereocenters. The molecule has 0 aromatic heterocycles. The predicted octanol–water partition coefficient (Wildman–Crippen LogP) is -0.0939. The van der Waals surface area contributed by atoms with Crippen LogP contribution in [0, 0.1) is 0 Å². The lowest BCUT2D eigenvalue weighted by molar-refractivity contribution is -0.147. The van der Waals surface area contributed by atoms with E-state index in [2.05, 4.69) is 0 Å². The first kappa shape index (κ1) is 9.24. The van der Waals surface area contributed by atoms with Gasteiger partial charge in [0.2, 0.25) is 0 Å². The highest BCUT2D eigenvalue weighted by molar-refractivity contribution is 6.02. The van der Waals surface area contributed by atoms with Gasteiger partial charge in [0.25, 0.3) is 5.91 Å². The van der Waals surface area contributed by atoms with Crippen molar-refractivity contribution in [1.82, 2.24) is 4.90 Å². The molecule has 0 aromatic carbocycles. The van der Waals surface area contributed by atoms with Gasteiger partial charge in [-0.2, -0.15) is 0 Å².